The average molecular weight is 554 g/mol. The lowest BCUT2D eigenvalue weighted by molar-refractivity contribution is -0.271. The van der Waals surface area contributed by atoms with E-state index >= 15 is 0 Å². The minimum Gasteiger partial charge on any atom is -0.485 e. The maximum Gasteiger partial charge on any atom is 0.407 e. The SMILES string of the molecule is O=C(NCCc1ccc(OCc2ccccc2)c(O[C@@H]2O[C@H](C(=O)O)[C@@H](O)[C@H](O)[C@H]2O)c1)OCc1ccccc1. The number of aliphatic hydroxyl groups excluding tert-OH is 3. The molecular formula is C29H31NO10. The quantitative estimate of drug-likeness (QED) is 0.237. The van der Waals surface area contributed by atoms with Gasteiger partial charge in [0, 0.05) is 6.54 Å². The van der Waals surface area contributed by atoms with Crippen LogP contribution in [0.1, 0.15) is 16.7 Å². The van der Waals surface area contributed by atoms with E-state index in [9.17, 15) is 30.0 Å². The van der Waals surface area contributed by atoms with E-state index in [0.29, 0.717) is 12.0 Å². The van der Waals surface area contributed by atoms with E-state index in [1.807, 2.05) is 60.7 Å². The fraction of sp³-hybridized carbons (Fsp3) is 0.310. The summed E-state index contributed by atoms with van der Waals surface area (Å²) in [7, 11) is 0. The van der Waals surface area contributed by atoms with Crippen molar-refractivity contribution in [2.75, 3.05) is 6.54 Å². The van der Waals surface area contributed by atoms with E-state index in [1.54, 1.807) is 18.2 Å². The van der Waals surface area contributed by atoms with Crippen LogP contribution in [-0.2, 0) is 33.9 Å². The first-order valence-corrected chi connectivity index (χ1v) is 12.6. The average Bonchev–Trinajstić information content (AvgIpc) is 2.96. The number of hydrogen-bond donors (Lipinski definition) is 5. The van der Waals surface area contributed by atoms with Gasteiger partial charge in [-0.2, -0.15) is 0 Å². The minimum atomic E-state index is -1.85. The molecule has 5 atom stereocenters. The molecule has 0 aliphatic carbocycles. The predicted octanol–water partition coefficient (Wildman–Crippen LogP) is 2.01. The zero-order valence-electron chi connectivity index (χ0n) is 21.5. The van der Waals surface area contributed by atoms with Crippen molar-refractivity contribution < 1.29 is 49.0 Å². The Morgan fingerprint density at radius 1 is 0.775 bits per heavy atom. The van der Waals surface area contributed by atoms with Crippen LogP contribution < -0.4 is 14.8 Å². The van der Waals surface area contributed by atoms with Gasteiger partial charge in [-0.05, 0) is 35.2 Å². The van der Waals surface area contributed by atoms with E-state index in [-0.39, 0.29) is 31.3 Å². The third kappa shape index (κ3) is 7.70. The maximum atomic E-state index is 12.1. The molecule has 0 saturated carbocycles. The third-order valence-corrected chi connectivity index (χ3v) is 6.20. The summed E-state index contributed by atoms with van der Waals surface area (Å²) < 4.78 is 22.2. The van der Waals surface area contributed by atoms with Gasteiger partial charge in [-0.15, -0.1) is 0 Å². The number of rotatable bonds is 11. The lowest BCUT2D eigenvalue weighted by atomic mass is 9.99. The van der Waals surface area contributed by atoms with Gasteiger partial charge >= 0.3 is 12.1 Å². The number of hydrogen-bond acceptors (Lipinski definition) is 9. The lowest BCUT2D eigenvalue weighted by Gasteiger charge is -2.38. The molecule has 0 aromatic heterocycles. The van der Waals surface area contributed by atoms with Crippen molar-refractivity contribution in [1.29, 1.82) is 0 Å². The summed E-state index contributed by atoms with van der Waals surface area (Å²) in [5.41, 5.74) is 2.46. The highest BCUT2D eigenvalue weighted by Gasteiger charge is 2.48. The lowest BCUT2D eigenvalue weighted by Crippen LogP contribution is -2.61. The molecule has 1 aliphatic rings. The van der Waals surface area contributed by atoms with Gasteiger partial charge < -0.3 is 44.7 Å². The molecule has 0 radical (unpaired) electrons. The number of carboxylic acid groups (broad SMARTS) is 1. The zero-order chi connectivity index (χ0) is 28.5. The summed E-state index contributed by atoms with van der Waals surface area (Å²) in [6, 6.07) is 23.6. The van der Waals surface area contributed by atoms with Crippen molar-refractivity contribution >= 4 is 12.1 Å². The van der Waals surface area contributed by atoms with Gasteiger partial charge in [-0.3, -0.25) is 0 Å². The Hall–Kier alpha value is -4.16. The second-order valence-corrected chi connectivity index (χ2v) is 9.15. The standard InChI is InChI=1S/C29H31NO10/c31-23-24(32)26(27(34)35)40-28(25(23)33)39-22-15-18(11-12-21(22)37-16-19-7-3-1-4-8-19)13-14-30-29(36)38-17-20-9-5-2-6-10-20/h1-12,15,23-26,28,31-33H,13-14,16-17H2,(H,30,36)(H,34,35)/t23-,24-,25+,26-,28+/m0/s1. The highest BCUT2D eigenvalue weighted by Crippen LogP contribution is 2.33. The molecular weight excluding hydrogens is 522 g/mol. The third-order valence-electron chi connectivity index (χ3n) is 6.20. The summed E-state index contributed by atoms with van der Waals surface area (Å²) in [6.45, 7) is 0.573. The Morgan fingerprint density at radius 3 is 2.08 bits per heavy atom. The minimum absolute atomic E-state index is 0.108. The van der Waals surface area contributed by atoms with Crippen molar-refractivity contribution in [3.63, 3.8) is 0 Å². The number of aliphatic hydroxyl groups is 3. The first-order valence-electron chi connectivity index (χ1n) is 12.6. The first kappa shape index (κ1) is 28.8. The Labute approximate surface area is 230 Å². The molecule has 40 heavy (non-hydrogen) atoms. The maximum absolute atomic E-state index is 12.1. The molecule has 1 fully saturated rings. The Bertz CT molecular complexity index is 1260. The molecule has 1 heterocycles. The molecule has 0 spiro atoms. The number of alkyl carbamates (subject to hydrolysis) is 1. The van der Waals surface area contributed by atoms with Crippen LogP contribution in [0, 0.1) is 0 Å². The number of amides is 1. The van der Waals surface area contributed by atoms with Crippen LogP contribution >= 0.6 is 0 Å². The van der Waals surface area contributed by atoms with E-state index < -0.39 is 42.8 Å². The van der Waals surface area contributed by atoms with Crippen molar-refractivity contribution in [3.8, 4) is 11.5 Å². The van der Waals surface area contributed by atoms with Gasteiger partial charge in [-0.25, -0.2) is 9.59 Å². The van der Waals surface area contributed by atoms with Crippen molar-refractivity contribution in [1.82, 2.24) is 5.32 Å². The Morgan fingerprint density at radius 2 is 1.43 bits per heavy atom. The van der Waals surface area contributed by atoms with Crippen LogP contribution in [0.2, 0.25) is 0 Å². The van der Waals surface area contributed by atoms with Crippen molar-refractivity contribution in [3.05, 3.63) is 95.6 Å². The van der Waals surface area contributed by atoms with Gasteiger partial charge in [0.1, 0.15) is 31.5 Å². The molecule has 5 N–H and O–H groups in total. The molecule has 1 amide bonds. The highest BCUT2D eigenvalue weighted by atomic mass is 16.7. The monoisotopic (exact) mass is 553 g/mol. The Kier molecular flexibility index (Phi) is 9.92. The number of carbonyl (C=O) groups excluding carboxylic acids is 1. The second-order valence-electron chi connectivity index (χ2n) is 9.15. The molecule has 4 rings (SSSR count). The van der Waals surface area contributed by atoms with Crippen LogP contribution in [0.5, 0.6) is 11.5 Å². The van der Waals surface area contributed by atoms with Crippen LogP contribution in [0.15, 0.2) is 78.9 Å². The number of carbonyl (C=O) groups is 2. The summed E-state index contributed by atoms with van der Waals surface area (Å²) in [5.74, 6) is -1.14. The van der Waals surface area contributed by atoms with Crippen LogP contribution in [0.25, 0.3) is 0 Å². The van der Waals surface area contributed by atoms with E-state index in [1.165, 1.54) is 0 Å². The zero-order valence-corrected chi connectivity index (χ0v) is 21.5. The molecule has 11 heteroatoms. The summed E-state index contributed by atoms with van der Waals surface area (Å²) >= 11 is 0. The largest absolute Gasteiger partial charge is 0.485 e. The highest BCUT2D eigenvalue weighted by molar-refractivity contribution is 5.73. The van der Waals surface area contributed by atoms with E-state index in [2.05, 4.69) is 5.32 Å². The van der Waals surface area contributed by atoms with Gasteiger partial charge in [0.25, 0.3) is 0 Å². The van der Waals surface area contributed by atoms with Crippen molar-refractivity contribution in [2.24, 2.45) is 0 Å². The smallest absolute Gasteiger partial charge is 0.407 e. The van der Waals surface area contributed by atoms with Crippen LogP contribution in [0.3, 0.4) is 0 Å². The Balaban J connectivity index is 1.43. The molecule has 212 valence electrons. The molecule has 1 aliphatic heterocycles. The molecule has 0 bridgehead atoms. The van der Waals surface area contributed by atoms with E-state index in [4.69, 9.17) is 18.9 Å². The second kappa shape index (κ2) is 13.8. The van der Waals surface area contributed by atoms with Gasteiger partial charge in [0.2, 0.25) is 6.29 Å². The van der Waals surface area contributed by atoms with Crippen LogP contribution in [-0.4, -0.2) is 69.7 Å². The van der Waals surface area contributed by atoms with E-state index in [0.717, 1.165) is 11.1 Å². The van der Waals surface area contributed by atoms with Gasteiger partial charge in [0.15, 0.2) is 17.6 Å². The first-order chi connectivity index (χ1) is 19.3. The molecule has 1 saturated heterocycles. The van der Waals surface area contributed by atoms with Crippen LogP contribution in [0.4, 0.5) is 4.79 Å². The number of ether oxygens (including phenoxy) is 4. The molecule has 3 aromatic rings. The van der Waals surface area contributed by atoms with Crippen molar-refractivity contribution in [2.45, 2.75) is 50.3 Å². The number of nitrogens with one attached hydrogen (secondary N) is 1. The fourth-order valence-electron chi connectivity index (χ4n) is 4.01. The summed E-state index contributed by atoms with van der Waals surface area (Å²) in [5, 5.41) is 42.6. The molecule has 3 aromatic carbocycles. The van der Waals surface area contributed by atoms with Gasteiger partial charge in [-0.1, -0.05) is 66.7 Å². The number of carboxylic acids is 1. The fourth-order valence-corrected chi connectivity index (χ4v) is 4.01. The van der Waals surface area contributed by atoms with Gasteiger partial charge in [0.05, 0.1) is 0 Å². The molecule has 11 nitrogen and oxygen atoms in total. The number of benzene rings is 3. The summed E-state index contributed by atoms with van der Waals surface area (Å²) in [4.78, 5) is 23.6. The summed E-state index contributed by atoms with van der Waals surface area (Å²) in [6.07, 6.45) is -9.02. The predicted molar refractivity (Wildman–Crippen MR) is 140 cm³/mol. The number of aliphatic carboxylic acids is 1. The topological polar surface area (TPSA) is 164 Å². The molecule has 0 unspecified atom stereocenters. The normalized spacial score (nSPS) is 22.2.